The Morgan fingerprint density at radius 1 is 1.50 bits per heavy atom. The Hall–Kier alpha value is -1.13. The molecule has 1 fully saturated rings. The molecule has 0 saturated heterocycles. The fourth-order valence-electron chi connectivity index (χ4n) is 2.66. The predicted molar refractivity (Wildman–Crippen MR) is 72.5 cm³/mol. The second-order valence-electron chi connectivity index (χ2n) is 5.20. The quantitative estimate of drug-likeness (QED) is 0.836. The van der Waals surface area contributed by atoms with Gasteiger partial charge in [-0.05, 0) is 30.7 Å². The zero-order chi connectivity index (χ0) is 13.0. The van der Waals surface area contributed by atoms with Crippen molar-refractivity contribution in [3.8, 4) is 5.88 Å². The zero-order valence-corrected chi connectivity index (χ0v) is 11.2. The van der Waals surface area contributed by atoms with Crippen LogP contribution < -0.4 is 15.8 Å². The number of methoxy groups -OCH3 is 1. The van der Waals surface area contributed by atoms with E-state index in [1.807, 2.05) is 18.3 Å². The van der Waals surface area contributed by atoms with Crippen LogP contribution in [0.25, 0.3) is 0 Å². The van der Waals surface area contributed by atoms with Crippen LogP contribution in [-0.4, -0.2) is 24.7 Å². The molecule has 3 unspecified atom stereocenters. The van der Waals surface area contributed by atoms with E-state index in [4.69, 9.17) is 10.5 Å². The molecule has 4 nitrogen and oxygen atoms in total. The number of ether oxygens (including phenoxy) is 1. The average molecular weight is 249 g/mol. The van der Waals surface area contributed by atoms with Crippen LogP contribution in [0.3, 0.4) is 0 Å². The van der Waals surface area contributed by atoms with Crippen LogP contribution in [0.5, 0.6) is 5.88 Å². The standard InChI is InChI=1S/C14H23N3O/c1-10-3-5-12(7-10)17-13(8-15)11-4-6-14(18-2)16-9-11/h4,6,9-10,12-13,17H,3,5,7-8,15H2,1-2H3. The van der Waals surface area contributed by atoms with E-state index in [1.165, 1.54) is 19.3 Å². The number of nitrogens with zero attached hydrogens (tertiary/aromatic N) is 1. The molecule has 18 heavy (non-hydrogen) atoms. The Labute approximate surface area is 109 Å². The third kappa shape index (κ3) is 3.21. The van der Waals surface area contributed by atoms with E-state index in [-0.39, 0.29) is 6.04 Å². The first-order chi connectivity index (χ1) is 8.72. The Bertz CT molecular complexity index is 366. The maximum absolute atomic E-state index is 5.87. The van der Waals surface area contributed by atoms with Crippen LogP contribution in [0.4, 0.5) is 0 Å². The van der Waals surface area contributed by atoms with Gasteiger partial charge in [-0.25, -0.2) is 4.98 Å². The molecular weight excluding hydrogens is 226 g/mol. The highest BCUT2D eigenvalue weighted by atomic mass is 16.5. The van der Waals surface area contributed by atoms with Gasteiger partial charge >= 0.3 is 0 Å². The summed E-state index contributed by atoms with van der Waals surface area (Å²) in [4.78, 5) is 4.24. The van der Waals surface area contributed by atoms with Crippen molar-refractivity contribution >= 4 is 0 Å². The minimum Gasteiger partial charge on any atom is -0.481 e. The van der Waals surface area contributed by atoms with Gasteiger partial charge < -0.3 is 15.8 Å². The molecule has 0 aliphatic heterocycles. The molecule has 1 aromatic rings. The highest BCUT2D eigenvalue weighted by Gasteiger charge is 2.23. The molecule has 2 rings (SSSR count). The van der Waals surface area contributed by atoms with Crippen molar-refractivity contribution in [2.75, 3.05) is 13.7 Å². The lowest BCUT2D eigenvalue weighted by Crippen LogP contribution is -2.35. The number of rotatable bonds is 5. The number of pyridine rings is 1. The molecule has 0 aromatic carbocycles. The maximum Gasteiger partial charge on any atom is 0.212 e. The van der Waals surface area contributed by atoms with Crippen LogP contribution in [0.15, 0.2) is 18.3 Å². The molecule has 0 spiro atoms. The molecule has 1 heterocycles. The number of hydrogen-bond donors (Lipinski definition) is 2. The molecule has 1 aliphatic rings. The summed E-state index contributed by atoms with van der Waals surface area (Å²) in [6, 6.07) is 4.71. The first-order valence-electron chi connectivity index (χ1n) is 6.69. The molecular formula is C14H23N3O. The molecule has 100 valence electrons. The van der Waals surface area contributed by atoms with Crippen molar-refractivity contribution in [2.24, 2.45) is 11.7 Å². The molecule has 3 atom stereocenters. The van der Waals surface area contributed by atoms with Gasteiger partial charge in [0.15, 0.2) is 0 Å². The number of aromatic nitrogens is 1. The lowest BCUT2D eigenvalue weighted by Gasteiger charge is -2.22. The normalized spacial score (nSPS) is 25.1. The molecule has 1 aromatic heterocycles. The molecule has 0 bridgehead atoms. The summed E-state index contributed by atoms with van der Waals surface area (Å²) in [5.74, 6) is 1.47. The molecule has 0 radical (unpaired) electrons. The van der Waals surface area contributed by atoms with E-state index < -0.39 is 0 Å². The van der Waals surface area contributed by atoms with Crippen molar-refractivity contribution in [3.63, 3.8) is 0 Å². The van der Waals surface area contributed by atoms with Crippen molar-refractivity contribution in [1.82, 2.24) is 10.3 Å². The molecule has 3 N–H and O–H groups in total. The molecule has 1 aliphatic carbocycles. The lowest BCUT2D eigenvalue weighted by atomic mass is 10.1. The summed E-state index contributed by atoms with van der Waals surface area (Å²) in [5.41, 5.74) is 7.00. The van der Waals surface area contributed by atoms with Gasteiger partial charge in [-0.15, -0.1) is 0 Å². The predicted octanol–water partition coefficient (Wildman–Crippen LogP) is 1.87. The second kappa shape index (κ2) is 6.16. The third-order valence-corrected chi connectivity index (χ3v) is 3.74. The highest BCUT2D eigenvalue weighted by molar-refractivity contribution is 5.21. The van der Waals surface area contributed by atoms with Crippen LogP contribution >= 0.6 is 0 Å². The van der Waals surface area contributed by atoms with Crippen LogP contribution in [0.2, 0.25) is 0 Å². The summed E-state index contributed by atoms with van der Waals surface area (Å²) < 4.78 is 5.07. The van der Waals surface area contributed by atoms with Crippen LogP contribution in [0.1, 0.15) is 37.8 Å². The SMILES string of the molecule is COc1ccc(C(CN)NC2CCC(C)C2)cn1. The van der Waals surface area contributed by atoms with E-state index in [9.17, 15) is 0 Å². The van der Waals surface area contributed by atoms with Gasteiger partial charge in [-0.3, -0.25) is 0 Å². The smallest absolute Gasteiger partial charge is 0.212 e. The summed E-state index contributed by atoms with van der Waals surface area (Å²) in [7, 11) is 1.63. The zero-order valence-electron chi connectivity index (χ0n) is 11.2. The fourth-order valence-corrected chi connectivity index (χ4v) is 2.66. The van der Waals surface area contributed by atoms with E-state index in [0.29, 0.717) is 18.5 Å². The van der Waals surface area contributed by atoms with Gasteiger partial charge in [0.1, 0.15) is 0 Å². The third-order valence-electron chi connectivity index (χ3n) is 3.74. The number of nitrogens with two attached hydrogens (primary N) is 1. The van der Waals surface area contributed by atoms with E-state index in [2.05, 4.69) is 17.2 Å². The van der Waals surface area contributed by atoms with Gasteiger partial charge in [-0.1, -0.05) is 13.0 Å². The maximum atomic E-state index is 5.87. The van der Waals surface area contributed by atoms with Crippen LogP contribution in [0, 0.1) is 5.92 Å². The Morgan fingerprint density at radius 2 is 2.33 bits per heavy atom. The minimum absolute atomic E-state index is 0.193. The van der Waals surface area contributed by atoms with Crippen molar-refractivity contribution in [3.05, 3.63) is 23.9 Å². The summed E-state index contributed by atoms with van der Waals surface area (Å²) >= 11 is 0. The average Bonchev–Trinajstić information content (AvgIpc) is 2.82. The Morgan fingerprint density at radius 3 is 2.83 bits per heavy atom. The van der Waals surface area contributed by atoms with E-state index >= 15 is 0 Å². The van der Waals surface area contributed by atoms with Crippen molar-refractivity contribution < 1.29 is 4.74 Å². The van der Waals surface area contributed by atoms with Gasteiger partial charge in [0.25, 0.3) is 0 Å². The largest absolute Gasteiger partial charge is 0.481 e. The van der Waals surface area contributed by atoms with Crippen molar-refractivity contribution in [2.45, 2.75) is 38.3 Å². The van der Waals surface area contributed by atoms with E-state index in [1.54, 1.807) is 7.11 Å². The Balaban J connectivity index is 1.98. The summed E-state index contributed by atoms with van der Waals surface area (Å²) in [6.45, 7) is 2.91. The molecule has 0 amide bonds. The van der Waals surface area contributed by atoms with Crippen molar-refractivity contribution in [1.29, 1.82) is 0 Å². The topological polar surface area (TPSA) is 60.2 Å². The number of nitrogens with one attached hydrogen (secondary N) is 1. The highest BCUT2D eigenvalue weighted by Crippen LogP contribution is 2.26. The van der Waals surface area contributed by atoms with Crippen LogP contribution in [-0.2, 0) is 0 Å². The minimum atomic E-state index is 0.193. The number of hydrogen-bond acceptors (Lipinski definition) is 4. The summed E-state index contributed by atoms with van der Waals surface area (Å²) in [6.07, 6.45) is 5.67. The fraction of sp³-hybridized carbons (Fsp3) is 0.643. The first kappa shape index (κ1) is 13.3. The monoisotopic (exact) mass is 249 g/mol. The lowest BCUT2D eigenvalue weighted by molar-refractivity contribution is 0.395. The molecule has 1 saturated carbocycles. The molecule has 4 heteroatoms. The summed E-state index contributed by atoms with van der Waals surface area (Å²) in [5, 5.41) is 3.64. The van der Waals surface area contributed by atoms with Gasteiger partial charge in [-0.2, -0.15) is 0 Å². The first-order valence-corrected chi connectivity index (χ1v) is 6.69. The van der Waals surface area contributed by atoms with Gasteiger partial charge in [0.2, 0.25) is 5.88 Å². The van der Waals surface area contributed by atoms with Gasteiger partial charge in [0.05, 0.1) is 7.11 Å². The van der Waals surface area contributed by atoms with Gasteiger partial charge in [0, 0.05) is 30.9 Å². The Kier molecular flexibility index (Phi) is 4.55. The second-order valence-corrected chi connectivity index (χ2v) is 5.20. The van der Waals surface area contributed by atoms with E-state index in [0.717, 1.165) is 11.5 Å².